The van der Waals surface area contributed by atoms with E-state index in [1.165, 1.54) is 43.6 Å². The first-order chi connectivity index (χ1) is 13.0. The minimum Gasteiger partial charge on any atom is -0.465 e. The topological polar surface area (TPSA) is 41.6 Å². The Hall–Kier alpha value is -1.81. The molecule has 1 aliphatic carbocycles. The van der Waals surface area contributed by atoms with Gasteiger partial charge in [0.15, 0.2) is 0 Å². The molecule has 2 unspecified atom stereocenters. The van der Waals surface area contributed by atoms with Crippen LogP contribution in [0.4, 0.5) is 5.69 Å². The summed E-state index contributed by atoms with van der Waals surface area (Å²) in [7, 11) is 2.22. The Labute approximate surface area is 164 Å². The number of hydrogen-bond donors (Lipinski definition) is 1. The van der Waals surface area contributed by atoms with E-state index in [9.17, 15) is 4.79 Å². The smallest absolute Gasteiger partial charge is 0.293 e. The molecule has 4 rings (SSSR count). The largest absolute Gasteiger partial charge is 0.465 e. The fourth-order valence-corrected chi connectivity index (χ4v) is 4.74. The molecule has 4 nitrogen and oxygen atoms in total. The van der Waals surface area contributed by atoms with Crippen LogP contribution in [-0.4, -0.2) is 44.2 Å². The third kappa shape index (κ3) is 4.73. The SMILES string of the molecule is C=C1CCCC(C(C)OC=O)C1.CN1CCC2(CC1)CNc1ccccc12. The molecule has 2 atom stereocenters. The Balaban J connectivity index is 0.000000161. The second-order valence-electron chi connectivity index (χ2n) is 8.53. The number of carbonyl (C=O) groups excluding carboxylic acids is 1. The predicted octanol–water partition coefficient (Wildman–Crippen LogP) is 4.37. The molecule has 3 aliphatic rings. The maximum Gasteiger partial charge on any atom is 0.293 e. The number of likely N-dealkylation sites (tertiary alicyclic amines) is 1. The highest BCUT2D eigenvalue weighted by Crippen LogP contribution is 2.43. The van der Waals surface area contributed by atoms with E-state index in [1.54, 1.807) is 5.56 Å². The Morgan fingerprint density at radius 1 is 1.33 bits per heavy atom. The van der Waals surface area contributed by atoms with Crippen LogP contribution in [0.15, 0.2) is 36.4 Å². The molecule has 2 aliphatic heterocycles. The fraction of sp³-hybridized carbons (Fsp3) is 0.609. The van der Waals surface area contributed by atoms with Crippen LogP contribution >= 0.6 is 0 Å². The van der Waals surface area contributed by atoms with Crippen molar-refractivity contribution in [2.75, 3.05) is 32.0 Å². The second-order valence-corrected chi connectivity index (χ2v) is 8.53. The van der Waals surface area contributed by atoms with Crippen LogP contribution in [0.3, 0.4) is 0 Å². The normalized spacial score (nSPS) is 25.0. The number of nitrogens with zero attached hydrogens (tertiary/aromatic N) is 1. The average molecular weight is 371 g/mol. The molecule has 0 aromatic heterocycles. The maximum atomic E-state index is 10.1. The number of hydrogen-bond acceptors (Lipinski definition) is 4. The lowest BCUT2D eigenvalue weighted by Gasteiger charge is -2.37. The molecule has 0 radical (unpaired) electrons. The quantitative estimate of drug-likeness (QED) is 0.634. The van der Waals surface area contributed by atoms with Gasteiger partial charge in [-0.05, 0) is 83.1 Å². The van der Waals surface area contributed by atoms with Gasteiger partial charge in [0, 0.05) is 17.6 Å². The molecule has 2 fully saturated rings. The number of carbonyl (C=O) groups is 1. The number of piperidine rings is 1. The minimum absolute atomic E-state index is 0.0551. The summed E-state index contributed by atoms with van der Waals surface area (Å²) in [5.74, 6) is 0.497. The van der Waals surface area contributed by atoms with E-state index in [1.807, 2.05) is 6.92 Å². The standard InChI is InChI=1S/C13H18N2.C10H16O2/c1-15-8-6-13(7-9-15)10-14-12-5-3-2-4-11(12)13;1-8-4-3-5-10(6-8)9(2)12-7-11/h2-5,14H,6-10H2,1H3;7,9-10H,1,3-6H2,2H3. The van der Waals surface area contributed by atoms with Gasteiger partial charge in [0.1, 0.15) is 6.10 Å². The van der Waals surface area contributed by atoms with Gasteiger partial charge in [-0.25, -0.2) is 0 Å². The van der Waals surface area contributed by atoms with Gasteiger partial charge in [-0.1, -0.05) is 30.4 Å². The molecule has 1 aromatic rings. The highest BCUT2D eigenvalue weighted by atomic mass is 16.5. The summed E-state index contributed by atoms with van der Waals surface area (Å²) in [6, 6.07) is 8.81. The molecule has 1 N–H and O–H groups in total. The predicted molar refractivity (Wildman–Crippen MR) is 111 cm³/mol. The van der Waals surface area contributed by atoms with Crippen LogP contribution in [0.1, 0.15) is 51.0 Å². The first-order valence-corrected chi connectivity index (χ1v) is 10.3. The molecule has 1 saturated carbocycles. The van der Waals surface area contributed by atoms with E-state index in [0.29, 0.717) is 17.8 Å². The summed E-state index contributed by atoms with van der Waals surface area (Å²) >= 11 is 0. The van der Waals surface area contributed by atoms with Gasteiger partial charge in [-0.2, -0.15) is 0 Å². The zero-order chi connectivity index (χ0) is 19.3. The average Bonchev–Trinajstić information content (AvgIpc) is 3.04. The first-order valence-electron chi connectivity index (χ1n) is 10.3. The molecule has 27 heavy (non-hydrogen) atoms. The fourth-order valence-electron chi connectivity index (χ4n) is 4.74. The van der Waals surface area contributed by atoms with Crippen LogP contribution in [0.2, 0.25) is 0 Å². The molecular formula is C23H34N2O2. The van der Waals surface area contributed by atoms with Gasteiger partial charge in [0.2, 0.25) is 0 Å². The summed E-state index contributed by atoms with van der Waals surface area (Å²) in [5, 5.41) is 3.56. The van der Waals surface area contributed by atoms with Crippen LogP contribution in [0, 0.1) is 5.92 Å². The molecule has 0 bridgehead atoms. The van der Waals surface area contributed by atoms with Crippen LogP contribution in [0.5, 0.6) is 0 Å². The molecule has 1 aromatic carbocycles. The molecule has 1 saturated heterocycles. The van der Waals surface area contributed by atoms with Crippen LogP contribution < -0.4 is 5.32 Å². The second kappa shape index (κ2) is 8.92. The van der Waals surface area contributed by atoms with Crippen molar-refractivity contribution in [3.05, 3.63) is 42.0 Å². The summed E-state index contributed by atoms with van der Waals surface area (Å²) in [6.07, 6.45) is 7.17. The van der Waals surface area contributed by atoms with E-state index in [-0.39, 0.29) is 6.10 Å². The number of allylic oxidation sites excluding steroid dienone is 1. The Morgan fingerprint density at radius 3 is 2.78 bits per heavy atom. The van der Waals surface area contributed by atoms with Crippen molar-refractivity contribution in [3.8, 4) is 0 Å². The van der Waals surface area contributed by atoms with Gasteiger partial charge in [0.25, 0.3) is 6.47 Å². The van der Waals surface area contributed by atoms with Crippen molar-refractivity contribution in [2.45, 2.75) is 57.0 Å². The molecule has 1 spiro atoms. The monoisotopic (exact) mass is 370 g/mol. The third-order valence-corrected chi connectivity index (χ3v) is 6.65. The minimum atomic E-state index is 0.0551. The lowest BCUT2D eigenvalue weighted by molar-refractivity contribution is -0.135. The molecule has 148 valence electrons. The van der Waals surface area contributed by atoms with E-state index in [2.05, 4.69) is 48.1 Å². The lowest BCUT2D eigenvalue weighted by atomic mass is 9.74. The van der Waals surface area contributed by atoms with Gasteiger partial charge in [-0.15, -0.1) is 0 Å². The maximum absolute atomic E-state index is 10.1. The molecule has 0 amide bonds. The van der Waals surface area contributed by atoms with E-state index in [4.69, 9.17) is 4.74 Å². The zero-order valence-electron chi connectivity index (χ0n) is 16.9. The zero-order valence-corrected chi connectivity index (χ0v) is 16.9. The summed E-state index contributed by atoms with van der Waals surface area (Å²) in [4.78, 5) is 12.5. The number of ether oxygens (including phenoxy) is 1. The van der Waals surface area contributed by atoms with Gasteiger partial charge >= 0.3 is 0 Å². The first kappa shape index (κ1) is 19.9. The van der Waals surface area contributed by atoms with E-state index < -0.39 is 0 Å². The number of benzene rings is 1. The molecule has 2 heterocycles. The third-order valence-electron chi connectivity index (χ3n) is 6.65. The summed E-state index contributed by atoms with van der Waals surface area (Å²) in [6.45, 7) is 10.1. The number of para-hydroxylation sites is 1. The van der Waals surface area contributed by atoms with Crippen molar-refractivity contribution >= 4 is 12.2 Å². The van der Waals surface area contributed by atoms with Gasteiger partial charge in [0.05, 0.1) is 0 Å². The Kier molecular flexibility index (Phi) is 6.59. The highest BCUT2D eigenvalue weighted by Gasteiger charge is 2.40. The van der Waals surface area contributed by atoms with Crippen molar-refractivity contribution in [1.29, 1.82) is 0 Å². The van der Waals surface area contributed by atoms with Gasteiger partial charge in [-0.3, -0.25) is 4.79 Å². The van der Waals surface area contributed by atoms with Crippen molar-refractivity contribution in [1.82, 2.24) is 4.90 Å². The Morgan fingerprint density at radius 2 is 2.07 bits per heavy atom. The van der Waals surface area contributed by atoms with E-state index >= 15 is 0 Å². The van der Waals surface area contributed by atoms with Crippen molar-refractivity contribution < 1.29 is 9.53 Å². The number of anilines is 1. The number of fused-ring (bicyclic) bond motifs is 2. The molecule has 4 heteroatoms. The lowest BCUT2D eigenvalue weighted by Crippen LogP contribution is -2.42. The number of nitrogens with one attached hydrogen (secondary N) is 1. The van der Waals surface area contributed by atoms with Crippen molar-refractivity contribution in [2.24, 2.45) is 5.92 Å². The number of rotatable bonds is 3. The van der Waals surface area contributed by atoms with Crippen LogP contribution in [-0.2, 0) is 14.9 Å². The summed E-state index contributed by atoms with van der Waals surface area (Å²) < 4.78 is 4.91. The van der Waals surface area contributed by atoms with Crippen LogP contribution in [0.25, 0.3) is 0 Å². The van der Waals surface area contributed by atoms with E-state index in [0.717, 1.165) is 25.8 Å². The van der Waals surface area contributed by atoms with Crippen molar-refractivity contribution in [3.63, 3.8) is 0 Å². The summed E-state index contributed by atoms with van der Waals surface area (Å²) in [5.41, 5.74) is 4.65. The van der Waals surface area contributed by atoms with Gasteiger partial charge < -0.3 is 15.0 Å². The molecular weight excluding hydrogens is 336 g/mol. The Bertz CT molecular complexity index is 650. The highest BCUT2D eigenvalue weighted by molar-refractivity contribution is 5.60.